The van der Waals surface area contributed by atoms with Crippen LogP contribution in [0.4, 0.5) is 5.69 Å². The maximum atomic E-state index is 12.6. The van der Waals surface area contributed by atoms with Gasteiger partial charge in [0.15, 0.2) is 11.0 Å². The Morgan fingerprint density at radius 1 is 0.941 bits per heavy atom. The normalized spacial score (nSPS) is 10.7. The van der Waals surface area contributed by atoms with Crippen molar-refractivity contribution in [3.8, 4) is 28.6 Å². The van der Waals surface area contributed by atoms with Crippen LogP contribution in [-0.2, 0) is 4.79 Å². The maximum Gasteiger partial charge on any atom is 0.234 e. The predicted molar refractivity (Wildman–Crippen MR) is 136 cm³/mol. The van der Waals surface area contributed by atoms with Crippen molar-refractivity contribution in [1.82, 2.24) is 14.8 Å². The molecule has 1 amide bonds. The van der Waals surface area contributed by atoms with E-state index >= 15 is 0 Å². The molecule has 0 saturated heterocycles. The van der Waals surface area contributed by atoms with Crippen LogP contribution in [-0.4, -0.2) is 40.6 Å². The van der Waals surface area contributed by atoms with E-state index < -0.39 is 0 Å². The molecule has 0 saturated carbocycles. The van der Waals surface area contributed by atoms with E-state index in [4.69, 9.17) is 32.7 Å². The van der Waals surface area contributed by atoms with Crippen LogP contribution in [0.2, 0.25) is 10.0 Å². The van der Waals surface area contributed by atoms with Gasteiger partial charge in [-0.15, -0.1) is 10.2 Å². The number of para-hydroxylation sites is 1. The molecule has 1 heterocycles. The molecule has 0 radical (unpaired) electrons. The second-order valence-electron chi connectivity index (χ2n) is 7.04. The minimum absolute atomic E-state index is 0.118. The molecular formula is C24H20Cl2N4O3S. The van der Waals surface area contributed by atoms with Crippen molar-refractivity contribution in [2.24, 2.45) is 0 Å². The summed E-state index contributed by atoms with van der Waals surface area (Å²) in [5.74, 6) is 1.76. The fraction of sp³-hybridized carbons (Fsp3) is 0.125. The van der Waals surface area contributed by atoms with Gasteiger partial charge in [0, 0.05) is 23.0 Å². The Balaban J connectivity index is 1.63. The largest absolute Gasteiger partial charge is 0.497 e. The lowest BCUT2D eigenvalue weighted by atomic mass is 10.2. The number of amides is 1. The van der Waals surface area contributed by atoms with E-state index in [-0.39, 0.29) is 11.7 Å². The minimum atomic E-state index is -0.212. The average Bonchev–Trinajstić information content (AvgIpc) is 3.29. The zero-order chi connectivity index (χ0) is 24.1. The SMILES string of the molecule is COc1cc(OC)cc(-c2nnc(SCC(=O)Nc3ccc(Cl)c(Cl)c3)n2-c2ccccc2)c1. The molecule has 0 aliphatic heterocycles. The first-order valence-electron chi connectivity index (χ1n) is 10.1. The fourth-order valence-corrected chi connectivity index (χ4v) is 4.25. The van der Waals surface area contributed by atoms with E-state index in [1.165, 1.54) is 11.8 Å². The van der Waals surface area contributed by atoms with Crippen LogP contribution < -0.4 is 14.8 Å². The summed E-state index contributed by atoms with van der Waals surface area (Å²) in [7, 11) is 3.18. The third kappa shape index (κ3) is 5.47. The summed E-state index contributed by atoms with van der Waals surface area (Å²) in [6.45, 7) is 0. The van der Waals surface area contributed by atoms with Gasteiger partial charge in [0.05, 0.1) is 30.0 Å². The maximum absolute atomic E-state index is 12.6. The highest BCUT2D eigenvalue weighted by Gasteiger charge is 2.19. The number of halogens is 2. The Kier molecular flexibility index (Phi) is 7.62. The van der Waals surface area contributed by atoms with Crippen LogP contribution in [0.1, 0.15) is 0 Å². The van der Waals surface area contributed by atoms with Gasteiger partial charge in [-0.1, -0.05) is 53.2 Å². The van der Waals surface area contributed by atoms with Crippen LogP contribution >= 0.6 is 35.0 Å². The van der Waals surface area contributed by atoms with E-state index in [0.29, 0.717) is 38.2 Å². The summed E-state index contributed by atoms with van der Waals surface area (Å²) in [4.78, 5) is 12.6. The number of rotatable bonds is 8. The highest BCUT2D eigenvalue weighted by molar-refractivity contribution is 7.99. The molecule has 1 N–H and O–H groups in total. The molecule has 4 aromatic rings. The average molecular weight is 515 g/mol. The third-order valence-corrected chi connectivity index (χ3v) is 6.46. The first kappa shape index (κ1) is 23.9. The number of carbonyl (C=O) groups is 1. The van der Waals surface area contributed by atoms with Gasteiger partial charge in [-0.3, -0.25) is 9.36 Å². The molecule has 0 spiro atoms. The number of carbonyl (C=O) groups excluding carboxylic acids is 1. The number of ether oxygens (including phenoxy) is 2. The Bertz CT molecular complexity index is 1290. The van der Waals surface area contributed by atoms with Gasteiger partial charge in [-0.2, -0.15) is 0 Å². The van der Waals surface area contributed by atoms with Gasteiger partial charge in [0.1, 0.15) is 11.5 Å². The molecule has 174 valence electrons. The molecule has 0 atom stereocenters. The number of nitrogens with one attached hydrogen (secondary N) is 1. The van der Waals surface area contributed by atoms with Crippen molar-refractivity contribution in [3.05, 3.63) is 76.8 Å². The standard InChI is InChI=1S/C24H20Cl2N4O3S/c1-32-18-10-15(11-19(13-18)33-2)23-28-29-24(30(23)17-6-4-3-5-7-17)34-14-22(31)27-16-8-9-20(25)21(26)12-16/h3-13H,14H2,1-2H3,(H,27,31). The fourth-order valence-electron chi connectivity index (χ4n) is 3.20. The number of nitrogens with zero attached hydrogens (tertiary/aromatic N) is 3. The molecule has 0 aliphatic rings. The van der Waals surface area contributed by atoms with Gasteiger partial charge < -0.3 is 14.8 Å². The van der Waals surface area contributed by atoms with E-state index in [0.717, 1.165) is 11.3 Å². The van der Waals surface area contributed by atoms with Crippen LogP contribution in [0.3, 0.4) is 0 Å². The van der Waals surface area contributed by atoms with Gasteiger partial charge >= 0.3 is 0 Å². The molecule has 0 fully saturated rings. The summed E-state index contributed by atoms with van der Waals surface area (Å²) in [5, 5.41) is 12.9. The molecule has 3 aromatic carbocycles. The monoisotopic (exact) mass is 514 g/mol. The number of anilines is 1. The number of aromatic nitrogens is 3. The molecule has 0 unspecified atom stereocenters. The van der Waals surface area contributed by atoms with Crippen molar-refractivity contribution in [1.29, 1.82) is 0 Å². The highest BCUT2D eigenvalue weighted by Crippen LogP contribution is 2.33. The van der Waals surface area contributed by atoms with Crippen molar-refractivity contribution < 1.29 is 14.3 Å². The quantitative estimate of drug-likeness (QED) is 0.291. The first-order chi connectivity index (χ1) is 16.5. The molecule has 0 bridgehead atoms. The van der Waals surface area contributed by atoms with E-state index in [1.807, 2.05) is 47.0 Å². The van der Waals surface area contributed by atoms with Gasteiger partial charge in [-0.05, 0) is 42.5 Å². The van der Waals surface area contributed by atoms with E-state index in [2.05, 4.69) is 15.5 Å². The van der Waals surface area contributed by atoms with Gasteiger partial charge in [0.2, 0.25) is 5.91 Å². The van der Waals surface area contributed by atoms with Gasteiger partial charge in [-0.25, -0.2) is 0 Å². The number of benzene rings is 3. The van der Waals surface area contributed by atoms with E-state index in [1.54, 1.807) is 38.5 Å². The summed E-state index contributed by atoms with van der Waals surface area (Å²) < 4.78 is 12.7. The summed E-state index contributed by atoms with van der Waals surface area (Å²) in [6.07, 6.45) is 0. The van der Waals surface area contributed by atoms with E-state index in [9.17, 15) is 4.79 Å². The highest BCUT2D eigenvalue weighted by atomic mass is 35.5. The Labute approximate surface area is 211 Å². The first-order valence-corrected chi connectivity index (χ1v) is 11.8. The molecule has 0 aliphatic carbocycles. The van der Waals surface area contributed by atoms with Crippen LogP contribution in [0.15, 0.2) is 71.9 Å². The second-order valence-corrected chi connectivity index (χ2v) is 8.80. The Morgan fingerprint density at radius 3 is 2.29 bits per heavy atom. The molecular weight excluding hydrogens is 495 g/mol. The zero-order valence-electron chi connectivity index (χ0n) is 18.3. The second kappa shape index (κ2) is 10.8. The molecule has 7 nitrogen and oxygen atoms in total. The summed E-state index contributed by atoms with van der Waals surface area (Å²) in [5.41, 5.74) is 2.19. The van der Waals surface area contributed by atoms with Crippen LogP contribution in [0.5, 0.6) is 11.5 Å². The van der Waals surface area contributed by atoms with Crippen LogP contribution in [0, 0.1) is 0 Å². The Hall–Kier alpha value is -3.20. The Morgan fingerprint density at radius 2 is 1.65 bits per heavy atom. The van der Waals surface area contributed by atoms with Crippen LogP contribution in [0.25, 0.3) is 17.1 Å². The number of hydrogen-bond acceptors (Lipinski definition) is 6. The van der Waals surface area contributed by atoms with Gasteiger partial charge in [0.25, 0.3) is 0 Å². The third-order valence-electron chi connectivity index (χ3n) is 4.79. The topological polar surface area (TPSA) is 78.3 Å². The molecule has 34 heavy (non-hydrogen) atoms. The molecule has 10 heteroatoms. The van der Waals surface area contributed by atoms with Crippen molar-refractivity contribution in [3.63, 3.8) is 0 Å². The number of thioether (sulfide) groups is 1. The number of hydrogen-bond donors (Lipinski definition) is 1. The van der Waals surface area contributed by atoms with Crippen molar-refractivity contribution in [2.45, 2.75) is 5.16 Å². The lowest BCUT2D eigenvalue weighted by molar-refractivity contribution is -0.113. The summed E-state index contributed by atoms with van der Waals surface area (Å²) >= 11 is 13.2. The number of methoxy groups -OCH3 is 2. The predicted octanol–water partition coefficient (Wildman–Crippen LogP) is 5.99. The lowest BCUT2D eigenvalue weighted by Crippen LogP contribution is -2.14. The van der Waals surface area contributed by atoms with Crippen molar-refractivity contribution >= 4 is 46.6 Å². The molecule has 4 rings (SSSR count). The van der Waals surface area contributed by atoms with Crippen molar-refractivity contribution in [2.75, 3.05) is 25.3 Å². The lowest BCUT2D eigenvalue weighted by Gasteiger charge is -2.12. The molecule has 1 aromatic heterocycles. The smallest absolute Gasteiger partial charge is 0.234 e. The minimum Gasteiger partial charge on any atom is -0.497 e. The zero-order valence-corrected chi connectivity index (χ0v) is 20.6. The summed E-state index contributed by atoms with van der Waals surface area (Å²) in [6, 6.07) is 20.1.